The SMILES string of the molecule is CCCC1CCCC(N)(CCc2ccc(OC)cc2)CC1. The molecule has 0 saturated heterocycles. The maximum atomic E-state index is 6.70. The highest BCUT2D eigenvalue weighted by molar-refractivity contribution is 5.27. The molecule has 0 bridgehead atoms. The molecule has 0 spiro atoms. The summed E-state index contributed by atoms with van der Waals surface area (Å²) in [5.74, 6) is 1.85. The summed E-state index contributed by atoms with van der Waals surface area (Å²) in [7, 11) is 1.71. The maximum Gasteiger partial charge on any atom is 0.118 e. The third-order valence-corrected chi connectivity index (χ3v) is 5.11. The quantitative estimate of drug-likeness (QED) is 0.770. The Morgan fingerprint density at radius 2 is 1.95 bits per heavy atom. The van der Waals surface area contributed by atoms with Gasteiger partial charge in [-0.3, -0.25) is 0 Å². The topological polar surface area (TPSA) is 35.2 Å². The van der Waals surface area contributed by atoms with Crippen LogP contribution in [0.15, 0.2) is 24.3 Å². The first kappa shape index (κ1) is 16.4. The second kappa shape index (κ2) is 7.84. The van der Waals surface area contributed by atoms with Crippen molar-refractivity contribution < 1.29 is 4.74 Å². The molecule has 0 amide bonds. The van der Waals surface area contributed by atoms with Gasteiger partial charge < -0.3 is 10.5 Å². The van der Waals surface area contributed by atoms with Crippen LogP contribution in [-0.2, 0) is 6.42 Å². The van der Waals surface area contributed by atoms with Crippen LogP contribution in [0.25, 0.3) is 0 Å². The van der Waals surface area contributed by atoms with E-state index in [9.17, 15) is 0 Å². The van der Waals surface area contributed by atoms with Crippen LogP contribution in [-0.4, -0.2) is 12.6 Å². The van der Waals surface area contributed by atoms with Gasteiger partial charge >= 0.3 is 0 Å². The number of ether oxygens (including phenoxy) is 1. The Labute approximate surface area is 130 Å². The number of rotatable bonds is 6. The van der Waals surface area contributed by atoms with Crippen LogP contribution < -0.4 is 10.5 Å². The molecule has 1 aliphatic carbocycles. The Bertz CT molecular complexity index is 414. The van der Waals surface area contributed by atoms with Crippen LogP contribution in [0.3, 0.4) is 0 Å². The number of nitrogens with two attached hydrogens (primary N) is 1. The predicted molar refractivity (Wildman–Crippen MR) is 89.7 cm³/mol. The van der Waals surface area contributed by atoms with Crippen LogP contribution >= 0.6 is 0 Å². The highest BCUT2D eigenvalue weighted by atomic mass is 16.5. The van der Waals surface area contributed by atoms with Crippen molar-refractivity contribution >= 4 is 0 Å². The fourth-order valence-electron chi connectivity index (χ4n) is 3.64. The number of methoxy groups -OCH3 is 1. The van der Waals surface area contributed by atoms with Gasteiger partial charge in [-0.25, -0.2) is 0 Å². The molecule has 2 heteroatoms. The number of benzene rings is 1. The van der Waals surface area contributed by atoms with E-state index in [1.54, 1.807) is 7.11 Å². The molecule has 2 unspecified atom stereocenters. The van der Waals surface area contributed by atoms with Crippen molar-refractivity contribution in [3.63, 3.8) is 0 Å². The second-order valence-electron chi connectivity index (χ2n) is 6.80. The molecule has 0 heterocycles. The molecule has 1 aromatic rings. The summed E-state index contributed by atoms with van der Waals surface area (Å²) in [6.07, 6.45) is 11.3. The van der Waals surface area contributed by atoms with E-state index in [2.05, 4.69) is 19.1 Å². The molecule has 2 atom stereocenters. The molecule has 1 aromatic carbocycles. The fraction of sp³-hybridized carbons (Fsp3) is 0.684. The van der Waals surface area contributed by atoms with Crippen molar-refractivity contribution in [2.45, 2.75) is 70.3 Å². The Morgan fingerprint density at radius 3 is 2.62 bits per heavy atom. The lowest BCUT2D eigenvalue weighted by Crippen LogP contribution is -2.39. The highest BCUT2D eigenvalue weighted by Crippen LogP contribution is 2.33. The lowest BCUT2D eigenvalue weighted by atomic mass is 9.85. The van der Waals surface area contributed by atoms with Gasteiger partial charge in [-0.1, -0.05) is 44.7 Å². The van der Waals surface area contributed by atoms with Crippen molar-refractivity contribution in [1.82, 2.24) is 0 Å². The predicted octanol–water partition coefficient (Wildman–Crippen LogP) is 4.71. The molecule has 0 aliphatic heterocycles. The van der Waals surface area contributed by atoms with E-state index in [1.807, 2.05) is 12.1 Å². The minimum Gasteiger partial charge on any atom is -0.497 e. The molecule has 2 rings (SSSR count). The first-order chi connectivity index (χ1) is 10.1. The molecule has 1 saturated carbocycles. The molecular weight excluding hydrogens is 258 g/mol. The molecule has 1 fully saturated rings. The molecule has 1 aliphatic rings. The van der Waals surface area contributed by atoms with Crippen molar-refractivity contribution in [1.29, 1.82) is 0 Å². The fourth-order valence-corrected chi connectivity index (χ4v) is 3.64. The van der Waals surface area contributed by atoms with Crippen LogP contribution in [0.5, 0.6) is 5.75 Å². The normalized spacial score (nSPS) is 26.3. The third-order valence-electron chi connectivity index (χ3n) is 5.11. The summed E-state index contributed by atoms with van der Waals surface area (Å²) in [4.78, 5) is 0. The average Bonchev–Trinajstić information content (AvgIpc) is 2.69. The summed E-state index contributed by atoms with van der Waals surface area (Å²) in [5.41, 5.74) is 8.12. The first-order valence-corrected chi connectivity index (χ1v) is 8.57. The van der Waals surface area contributed by atoms with Gasteiger partial charge in [0, 0.05) is 5.54 Å². The Hall–Kier alpha value is -1.02. The van der Waals surface area contributed by atoms with Crippen molar-refractivity contribution in [2.24, 2.45) is 11.7 Å². The zero-order chi connectivity index (χ0) is 15.1. The minimum absolute atomic E-state index is 0.0580. The molecule has 2 nitrogen and oxygen atoms in total. The Kier molecular flexibility index (Phi) is 6.10. The van der Waals surface area contributed by atoms with Gasteiger partial charge in [-0.2, -0.15) is 0 Å². The summed E-state index contributed by atoms with van der Waals surface area (Å²) in [5, 5.41) is 0. The van der Waals surface area contributed by atoms with Crippen LogP contribution in [0.2, 0.25) is 0 Å². The maximum absolute atomic E-state index is 6.70. The largest absolute Gasteiger partial charge is 0.497 e. The third kappa shape index (κ3) is 5.03. The smallest absolute Gasteiger partial charge is 0.118 e. The number of hydrogen-bond donors (Lipinski definition) is 1. The monoisotopic (exact) mass is 289 g/mol. The van der Waals surface area contributed by atoms with E-state index < -0.39 is 0 Å². The molecule has 21 heavy (non-hydrogen) atoms. The lowest BCUT2D eigenvalue weighted by molar-refractivity contribution is 0.335. The van der Waals surface area contributed by atoms with E-state index in [1.165, 1.54) is 50.5 Å². The second-order valence-corrected chi connectivity index (χ2v) is 6.80. The van der Waals surface area contributed by atoms with Gasteiger partial charge in [0.2, 0.25) is 0 Å². The number of hydrogen-bond acceptors (Lipinski definition) is 2. The van der Waals surface area contributed by atoms with Gasteiger partial charge in [0.05, 0.1) is 7.11 Å². The Morgan fingerprint density at radius 1 is 1.19 bits per heavy atom. The molecule has 118 valence electrons. The summed E-state index contributed by atoms with van der Waals surface area (Å²) in [6.45, 7) is 2.30. The summed E-state index contributed by atoms with van der Waals surface area (Å²) >= 11 is 0. The van der Waals surface area contributed by atoms with E-state index in [0.717, 1.165) is 24.5 Å². The first-order valence-electron chi connectivity index (χ1n) is 8.57. The summed E-state index contributed by atoms with van der Waals surface area (Å²) in [6, 6.07) is 8.42. The lowest BCUT2D eigenvalue weighted by Gasteiger charge is -2.28. The molecule has 2 N–H and O–H groups in total. The highest BCUT2D eigenvalue weighted by Gasteiger charge is 2.28. The van der Waals surface area contributed by atoms with Gasteiger partial charge in [-0.05, 0) is 55.7 Å². The van der Waals surface area contributed by atoms with E-state index in [0.29, 0.717) is 0 Å². The summed E-state index contributed by atoms with van der Waals surface area (Å²) < 4.78 is 5.21. The zero-order valence-electron chi connectivity index (χ0n) is 13.7. The standard InChI is InChI=1S/C19H31NO/c1-3-5-16-6-4-13-19(20,14-11-16)15-12-17-7-9-18(21-2)10-8-17/h7-10,16H,3-6,11-15,20H2,1-2H3. The van der Waals surface area contributed by atoms with Crippen LogP contribution in [0.4, 0.5) is 0 Å². The van der Waals surface area contributed by atoms with E-state index in [4.69, 9.17) is 10.5 Å². The zero-order valence-corrected chi connectivity index (χ0v) is 13.7. The Balaban J connectivity index is 1.85. The van der Waals surface area contributed by atoms with Crippen LogP contribution in [0, 0.1) is 5.92 Å². The van der Waals surface area contributed by atoms with Crippen molar-refractivity contribution in [2.75, 3.05) is 7.11 Å². The van der Waals surface area contributed by atoms with Gasteiger partial charge in [0.1, 0.15) is 5.75 Å². The van der Waals surface area contributed by atoms with Crippen molar-refractivity contribution in [3.8, 4) is 5.75 Å². The minimum atomic E-state index is 0.0580. The van der Waals surface area contributed by atoms with Gasteiger partial charge in [-0.15, -0.1) is 0 Å². The van der Waals surface area contributed by atoms with Crippen molar-refractivity contribution in [3.05, 3.63) is 29.8 Å². The van der Waals surface area contributed by atoms with E-state index in [-0.39, 0.29) is 5.54 Å². The number of aryl methyl sites for hydroxylation is 1. The molecule has 0 aromatic heterocycles. The van der Waals surface area contributed by atoms with Crippen LogP contribution in [0.1, 0.15) is 63.9 Å². The van der Waals surface area contributed by atoms with E-state index >= 15 is 0 Å². The molecular formula is C19H31NO. The van der Waals surface area contributed by atoms with Gasteiger partial charge in [0.25, 0.3) is 0 Å². The average molecular weight is 289 g/mol. The molecule has 0 radical (unpaired) electrons. The van der Waals surface area contributed by atoms with Gasteiger partial charge in [0.15, 0.2) is 0 Å².